The number of amides is 2. The second-order valence-electron chi connectivity index (χ2n) is 7.98. The van der Waals surface area contributed by atoms with Gasteiger partial charge in [-0.1, -0.05) is 30.3 Å². The van der Waals surface area contributed by atoms with Gasteiger partial charge >= 0.3 is 0 Å². The van der Waals surface area contributed by atoms with Crippen LogP contribution in [0.15, 0.2) is 42.5 Å². The van der Waals surface area contributed by atoms with Gasteiger partial charge in [0.15, 0.2) is 11.6 Å². The summed E-state index contributed by atoms with van der Waals surface area (Å²) in [5, 5.41) is 2.76. The van der Waals surface area contributed by atoms with Crippen molar-refractivity contribution in [2.24, 2.45) is 5.92 Å². The van der Waals surface area contributed by atoms with E-state index in [4.69, 9.17) is 0 Å². The minimum atomic E-state index is -1.00. The van der Waals surface area contributed by atoms with Gasteiger partial charge in [-0.15, -0.1) is 0 Å². The Labute approximate surface area is 174 Å². The molecule has 0 saturated carbocycles. The van der Waals surface area contributed by atoms with Crippen LogP contribution in [0, 0.1) is 17.6 Å². The number of carbonyl (C=O) groups excluding carboxylic acids is 2. The quantitative estimate of drug-likeness (QED) is 0.808. The molecule has 0 aliphatic carbocycles. The third kappa shape index (κ3) is 4.45. The molecule has 0 aromatic heterocycles. The van der Waals surface area contributed by atoms with Gasteiger partial charge in [0.05, 0.1) is 17.3 Å². The number of rotatable bonds is 5. The van der Waals surface area contributed by atoms with Crippen molar-refractivity contribution in [1.29, 1.82) is 0 Å². The third-order valence-electron chi connectivity index (χ3n) is 5.79. The molecular formula is C23H25F2N3O2. The molecule has 2 aromatic carbocycles. The van der Waals surface area contributed by atoms with Crippen LogP contribution in [0.2, 0.25) is 0 Å². The highest BCUT2D eigenvalue weighted by Crippen LogP contribution is 2.32. The third-order valence-corrected chi connectivity index (χ3v) is 5.79. The first-order chi connectivity index (χ1) is 14.5. The van der Waals surface area contributed by atoms with Crippen molar-refractivity contribution < 1.29 is 18.4 Å². The lowest BCUT2D eigenvalue weighted by molar-refractivity contribution is -0.128. The number of nitrogens with zero attached hydrogens (tertiary/aromatic N) is 2. The molecule has 2 fully saturated rings. The fraction of sp³-hybridized carbons (Fsp3) is 0.391. The van der Waals surface area contributed by atoms with E-state index in [1.54, 1.807) is 4.90 Å². The zero-order valence-electron chi connectivity index (χ0n) is 16.7. The van der Waals surface area contributed by atoms with Gasteiger partial charge in [0, 0.05) is 44.7 Å². The summed E-state index contributed by atoms with van der Waals surface area (Å²) < 4.78 is 27.8. The summed E-state index contributed by atoms with van der Waals surface area (Å²) in [6.07, 6.45) is 3.15. The van der Waals surface area contributed by atoms with E-state index in [1.165, 1.54) is 0 Å². The molecule has 2 aliphatic rings. The molecule has 2 aliphatic heterocycles. The van der Waals surface area contributed by atoms with Crippen LogP contribution in [-0.2, 0) is 16.1 Å². The van der Waals surface area contributed by atoms with Crippen LogP contribution in [0.5, 0.6) is 0 Å². The van der Waals surface area contributed by atoms with Crippen LogP contribution in [-0.4, -0.2) is 36.3 Å². The average Bonchev–Trinajstić information content (AvgIpc) is 3.12. The Morgan fingerprint density at radius 2 is 1.73 bits per heavy atom. The van der Waals surface area contributed by atoms with Crippen LogP contribution in [0.1, 0.15) is 31.2 Å². The van der Waals surface area contributed by atoms with E-state index >= 15 is 0 Å². The maximum Gasteiger partial charge on any atom is 0.229 e. The maximum atomic E-state index is 13.9. The summed E-state index contributed by atoms with van der Waals surface area (Å²) in [4.78, 5) is 28.9. The van der Waals surface area contributed by atoms with E-state index in [-0.39, 0.29) is 23.9 Å². The van der Waals surface area contributed by atoms with Crippen molar-refractivity contribution in [2.75, 3.05) is 29.9 Å². The van der Waals surface area contributed by atoms with Crippen molar-refractivity contribution in [3.8, 4) is 0 Å². The Morgan fingerprint density at radius 1 is 1.03 bits per heavy atom. The van der Waals surface area contributed by atoms with Crippen molar-refractivity contribution in [1.82, 2.24) is 4.90 Å². The number of nitrogens with one attached hydrogen (secondary N) is 1. The number of hydrogen-bond donors (Lipinski definition) is 1. The summed E-state index contributed by atoms with van der Waals surface area (Å²) in [5.74, 6) is -2.88. The van der Waals surface area contributed by atoms with Crippen molar-refractivity contribution in [3.63, 3.8) is 0 Å². The summed E-state index contributed by atoms with van der Waals surface area (Å²) in [6, 6.07) is 11.8. The summed E-state index contributed by atoms with van der Waals surface area (Å²) in [5.41, 5.74) is 1.75. The van der Waals surface area contributed by atoms with Gasteiger partial charge in [-0.2, -0.15) is 0 Å². The average molecular weight is 413 g/mol. The van der Waals surface area contributed by atoms with E-state index in [1.807, 2.05) is 35.2 Å². The minimum Gasteiger partial charge on any atom is -0.370 e. The fourth-order valence-corrected chi connectivity index (χ4v) is 4.17. The van der Waals surface area contributed by atoms with Gasteiger partial charge in [-0.25, -0.2) is 8.78 Å². The number of halogens is 2. The van der Waals surface area contributed by atoms with E-state index in [2.05, 4.69) is 5.32 Å². The van der Waals surface area contributed by atoms with Gasteiger partial charge < -0.3 is 15.1 Å². The Morgan fingerprint density at radius 3 is 2.47 bits per heavy atom. The lowest BCUT2D eigenvalue weighted by atomic mass is 10.1. The zero-order chi connectivity index (χ0) is 21.1. The number of carbonyl (C=O) groups is 2. The smallest absolute Gasteiger partial charge is 0.229 e. The number of hydrogen-bond acceptors (Lipinski definition) is 3. The molecule has 5 nitrogen and oxygen atoms in total. The molecule has 158 valence electrons. The number of piperidine rings is 1. The first-order valence-electron chi connectivity index (χ1n) is 10.4. The maximum absolute atomic E-state index is 13.9. The van der Waals surface area contributed by atoms with E-state index < -0.39 is 17.6 Å². The van der Waals surface area contributed by atoms with Crippen molar-refractivity contribution in [3.05, 3.63) is 59.7 Å². The molecule has 2 amide bonds. The van der Waals surface area contributed by atoms with Gasteiger partial charge in [0.25, 0.3) is 0 Å². The fourth-order valence-electron chi connectivity index (χ4n) is 4.17. The Bertz CT molecular complexity index is 930. The lowest BCUT2D eigenvalue weighted by Gasteiger charge is -2.31. The number of benzene rings is 2. The highest BCUT2D eigenvalue weighted by molar-refractivity contribution is 5.99. The SMILES string of the molecule is O=C(Nc1cc(F)c(F)cc1N1CCCCC1)C1CC(=O)N(Cc2ccccc2)C1. The van der Waals surface area contributed by atoms with Crippen LogP contribution in [0.4, 0.5) is 20.2 Å². The molecule has 2 heterocycles. The number of likely N-dealkylation sites (tertiary alicyclic amines) is 1. The first-order valence-corrected chi connectivity index (χ1v) is 10.4. The molecule has 1 atom stereocenters. The Kier molecular flexibility index (Phi) is 5.97. The summed E-state index contributed by atoms with van der Waals surface area (Å²) >= 11 is 0. The second-order valence-corrected chi connectivity index (χ2v) is 7.98. The van der Waals surface area contributed by atoms with Gasteiger partial charge in [0.1, 0.15) is 0 Å². The molecule has 2 saturated heterocycles. The highest BCUT2D eigenvalue weighted by Gasteiger charge is 2.34. The molecular weight excluding hydrogens is 388 g/mol. The predicted octanol–water partition coefficient (Wildman–Crippen LogP) is 3.94. The van der Waals surface area contributed by atoms with Crippen LogP contribution >= 0.6 is 0 Å². The molecule has 1 N–H and O–H groups in total. The molecule has 7 heteroatoms. The van der Waals surface area contributed by atoms with Gasteiger partial charge in [0.2, 0.25) is 11.8 Å². The predicted molar refractivity (Wildman–Crippen MR) is 111 cm³/mol. The molecule has 4 rings (SSSR count). The number of anilines is 2. The highest BCUT2D eigenvalue weighted by atomic mass is 19.2. The molecule has 0 spiro atoms. The summed E-state index contributed by atoms with van der Waals surface area (Å²) in [6.45, 7) is 2.23. The zero-order valence-corrected chi connectivity index (χ0v) is 16.7. The van der Waals surface area contributed by atoms with E-state index in [0.717, 1.165) is 50.0 Å². The lowest BCUT2D eigenvalue weighted by Crippen LogP contribution is -2.32. The standard InChI is InChI=1S/C23H25F2N3O2/c24-18-12-20(21(13-19(18)25)27-9-5-2-6-10-27)26-23(30)17-11-22(29)28(15-17)14-16-7-3-1-4-8-16/h1,3-4,7-8,12-13,17H,2,5-6,9-11,14-15H2,(H,26,30). The van der Waals surface area contributed by atoms with Crippen LogP contribution < -0.4 is 10.2 Å². The molecule has 0 radical (unpaired) electrons. The Hall–Kier alpha value is -2.96. The first kappa shape index (κ1) is 20.3. The van der Waals surface area contributed by atoms with E-state index in [9.17, 15) is 18.4 Å². The van der Waals surface area contributed by atoms with Crippen LogP contribution in [0.3, 0.4) is 0 Å². The summed E-state index contributed by atoms with van der Waals surface area (Å²) in [7, 11) is 0. The topological polar surface area (TPSA) is 52.7 Å². The largest absolute Gasteiger partial charge is 0.370 e. The molecule has 0 bridgehead atoms. The normalized spacial score (nSPS) is 19.3. The van der Waals surface area contributed by atoms with Gasteiger partial charge in [-0.3, -0.25) is 9.59 Å². The second kappa shape index (κ2) is 8.81. The molecule has 30 heavy (non-hydrogen) atoms. The molecule has 1 unspecified atom stereocenters. The van der Waals surface area contributed by atoms with Crippen molar-refractivity contribution in [2.45, 2.75) is 32.2 Å². The Balaban J connectivity index is 1.47. The van der Waals surface area contributed by atoms with Crippen LogP contribution in [0.25, 0.3) is 0 Å². The van der Waals surface area contributed by atoms with Gasteiger partial charge in [-0.05, 0) is 24.8 Å². The monoisotopic (exact) mass is 413 g/mol. The van der Waals surface area contributed by atoms with E-state index in [0.29, 0.717) is 18.8 Å². The minimum absolute atomic E-state index is 0.0828. The van der Waals surface area contributed by atoms with Crippen molar-refractivity contribution >= 4 is 23.2 Å². The molecule has 2 aromatic rings.